The van der Waals surface area contributed by atoms with Crippen LogP contribution < -0.4 is 0 Å². The number of hydrogen-bond donors (Lipinski definition) is 0. The summed E-state index contributed by atoms with van der Waals surface area (Å²) in [5.41, 5.74) is 0.952. The number of hydrogen-bond acceptors (Lipinski definition) is 8. The van der Waals surface area contributed by atoms with Gasteiger partial charge in [-0.2, -0.15) is 0 Å². The predicted octanol–water partition coefficient (Wildman–Crippen LogP) is 4.86. The van der Waals surface area contributed by atoms with E-state index in [4.69, 9.17) is 9.47 Å². The molecular formula is C28H36O8. The highest BCUT2D eigenvalue weighted by Gasteiger charge is 2.28. The molecule has 0 spiro atoms. The van der Waals surface area contributed by atoms with E-state index in [1.165, 1.54) is 14.2 Å². The quantitative estimate of drug-likeness (QED) is 0.336. The van der Waals surface area contributed by atoms with E-state index in [0.717, 1.165) is 0 Å². The first-order valence-corrected chi connectivity index (χ1v) is 11.9. The maximum Gasteiger partial charge on any atom is 0.338 e. The minimum absolute atomic E-state index is 0.356. The van der Waals surface area contributed by atoms with Crippen LogP contribution in [0.1, 0.15) is 61.3 Å². The summed E-state index contributed by atoms with van der Waals surface area (Å²) in [5, 5.41) is 0. The van der Waals surface area contributed by atoms with Crippen molar-refractivity contribution in [2.45, 2.75) is 52.7 Å². The van der Waals surface area contributed by atoms with Gasteiger partial charge in [-0.1, -0.05) is 50.2 Å². The van der Waals surface area contributed by atoms with Crippen molar-refractivity contribution in [3.63, 3.8) is 0 Å². The molecule has 196 valence electrons. The van der Waals surface area contributed by atoms with Gasteiger partial charge < -0.3 is 18.9 Å². The van der Waals surface area contributed by atoms with Gasteiger partial charge in [-0.3, -0.25) is 9.59 Å². The first-order chi connectivity index (χ1) is 17.2. The highest BCUT2D eigenvalue weighted by molar-refractivity contribution is 5.90. The van der Waals surface area contributed by atoms with E-state index >= 15 is 0 Å². The number of ether oxygens (including phenoxy) is 4. The minimum atomic E-state index is -0.504. The summed E-state index contributed by atoms with van der Waals surface area (Å²) >= 11 is 0. The average molecular weight is 501 g/mol. The van der Waals surface area contributed by atoms with Crippen LogP contribution in [0.4, 0.5) is 0 Å². The lowest BCUT2D eigenvalue weighted by atomic mass is 10.0. The number of methoxy groups -OCH3 is 2. The van der Waals surface area contributed by atoms with Gasteiger partial charge in [0.25, 0.3) is 0 Å². The monoisotopic (exact) mass is 500 g/mol. The van der Waals surface area contributed by atoms with Crippen LogP contribution in [0, 0.1) is 11.8 Å². The van der Waals surface area contributed by atoms with E-state index in [2.05, 4.69) is 9.47 Å². The zero-order valence-corrected chi connectivity index (χ0v) is 21.8. The SMILES string of the molecule is CCC(C(=O)OC)C(C)OC(=O)c1ccccc1.CCC(C(=O)OC)C(C)OC(=O)c1ccccc1. The molecule has 0 aliphatic heterocycles. The van der Waals surface area contributed by atoms with Crippen LogP contribution in [-0.4, -0.2) is 50.3 Å². The molecule has 2 aromatic rings. The lowest BCUT2D eigenvalue weighted by Crippen LogP contribution is -2.30. The molecule has 0 heterocycles. The largest absolute Gasteiger partial charge is 0.469 e. The molecule has 2 aromatic carbocycles. The van der Waals surface area contributed by atoms with Crippen molar-refractivity contribution in [2.24, 2.45) is 11.8 Å². The van der Waals surface area contributed by atoms with E-state index in [0.29, 0.717) is 24.0 Å². The summed E-state index contributed by atoms with van der Waals surface area (Å²) in [6, 6.07) is 17.4. The van der Waals surface area contributed by atoms with Crippen LogP contribution in [0.5, 0.6) is 0 Å². The second-order valence-corrected chi connectivity index (χ2v) is 8.03. The molecule has 0 aliphatic carbocycles. The first-order valence-electron chi connectivity index (χ1n) is 11.9. The van der Waals surface area contributed by atoms with Crippen molar-refractivity contribution in [2.75, 3.05) is 14.2 Å². The van der Waals surface area contributed by atoms with E-state index in [1.807, 2.05) is 26.0 Å². The summed E-state index contributed by atoms with van der Waals surface area (Å²) < 4.78 is 19.9. The Labute approximate surface area is 212 Å². The maximum atomic E-state index is 11.8. The summed E-state index contributed by atoms with van der Waals surface area (Å²) in [4.78, 5) is 46.6. The third-order valence-electron chi connectivity index (χ3n) is 5.63. The van der Waals surface area contributed by atoms with Crippen LogP contribution in [0.3, 0.4) is 0 Å². The predicted molar refractivity (Wildman–Crippen MR) is 134 cm³/mol. The van der Waals surface area contributed by atoms with Gasteiger partial charge in [-0.05, 0) is 51.0 Å². The molecule has 8 heteroatoms. The van der Waals surface area contributed by atoms with Gasteiger partial charge in [-0.15, -0.1) is 0 Å². The molecule has 0 saturated carbocycles. The Balaban J connectivity index is 0.000000360. The van der Waals surface area contributed by atoms with E-state index in [1.54, 1.807) is 62.4 Å². The van der Waals surface area contributed by atoms with Crippen molar-refractivity contribution in [3.05, 3.63) is 71.8 Å². The van der Waals surface area contributed by atoms with Crippen LogP contribution in [0.15, 0.2) is 60.7 Å². The van der Waals surface area contributed by atoms with Crippen molar-refractivity contribution in [3.8, 4) is 0 Å². The van der Waals surface area contributed by atoms with Crippen LogP contribution in [0.25, 0.3) is 0 Å². The lowest BCUT2D eigenvalue weighted by Gasteiger charge is -2.20. The molecule has 0 aliphatic rings. The molecule has 4 unspecified atom stereocenters. The molecular weight excluding hydrogens is 464 g/mol. The topological polar surface area (TPSA) is 105 Å². The molecule has 0 saturated heterocycles. The van der Waals surface area contributed by atoms with Crippen LogP contribution in [-0.2, 0) is 28.5 Å². The lowest BCUT2D eigenvalue weighted by molar-refractivity contribution is -0.150. The molecule has 0 bridgehead atoms. The van der Waals surface area contributed by atoms with Gasteiger partial charge in [-0.25, -0.2) is 9.59 Å². The summed E-state index contributed by atoms with van der Waals surface area (Å²) in [5.74, 6) is -2.42. The molecule has 0 N–H and O–H groups in total. The third-order valence-corrected chi connectivity index (χ3v) is 5.63. The Morgan fingerprint density at radius 2 is 0.917 bits per heavy atom. The van der Waals surface area contributed by atoms with Crippen molar-refractivity contribution in [1.82, 2.24) is 0 Å². The Hall–Kier alpha value is -3.68. The fourth-order valence-electron chi connectivity index (χ4n) is 3.47. The number of carbonyl (C=O) groups excluding carboxylic acids is 4. The Kier molecular flexibility index (Phi) is 13.6. The van der Waals surface area contributed by atoms with Crippen molar-refractivity contribution in [1.29, 1.82) is 0 Å². The summed E-state index contributed by atoms with van der Waals surface area (Å²) in [6.07, 6.45) is 0.122. The van der Waals surface area contributed by atoms with E-state index in [-0.39, 0.29) is 11.9 Å². The summed E-state index contributed by atoms with van der Waals surface area (Å²) in [6.45, 7) is 7.11. The third kappa shape index (κ3) is 9.52. The number of rotatable bonds is 10. The van der Waals surface area contributed by atoms with Gasteiger partial charge in [0.1, 0.15) is 12.2 Å². The number of esters is 4. The van der Waals surface area contributed by atoms with Gasteiger partial charge in [0.05, 0.1) is 37.2 Å². The van der Waals surface area contributed by atoms with Crippen LogP contribution >= 0.6 is 0 Å². The number of carbonyl (C=O) groups is 4. The Bertz CT molecular complexity index is 879. The zero-order chi connectivity index (χ0) is 27.1. The van der Waals surface area contributed by atoms with Gasteiger partial charge in [0.2, 0.25) is 0 Å². The zero-order valence-electron chi connectivity index (χ0n) is 21.8. The number of benzene rings is 2. The minimum Gasteiger partial charge on any atom is -0.469 e. The molecule has 36 heavy (non-hydrogen) atoms. The molecule has 0 aromatic heterocycles. The molecule has 4 atom stereocenters. The van der Waals surface area contributed by atoms with Crippen molar-refractivity contribution >= 4 is 23.9 Å². The molecule has 8 nitrogen and oxygen atoms in total. The van der Waals surface area contributed by atoms with E-state index in [9.17, 15) is 19.2 Å². The normalized spacial score (nSPS) is 13.5. The molecule has 0 fully saturated rings. The maximum absolute atomic E-state index is 11.8. The molecule has 2 rings (SSSR count). The fraction of sp³-hybridized carbons (Fsp3) is 0.429. The fourth-order valence-corrected chi connectivity index (χ4v) is 3.47. The second-order valence-electron chi connectivity index (χ2n) is 8.03. The average Bonchev–Trinajstić information content (AvgIpc) is 2.90. The van der Waals surface area contributed by atoms with Gasteiger partial charge >= 0.3 is 23.9 Å². The second kappa shape index (κ2) is 16.1. The van der Waals surface area contributed by atoms with E-state index < -0.39 is 36.0 Å². The Morgan fingerprint density at radius 3 is 1.17 bits per heavy atom. The highest BCUT2D eigenvalue weighted by atomic mass is 16.6. The van der Waals surface area contributed by atoms with Crippen molar-refractivity contribution < 1.29 is 38.1 Å². The molecule has 0 amide bonds. The standard InChI is InChI=1S/2C14H18O4/c2*1-4-12(14(16)17-3)10(2)18-13(15)11-8-6-5-7-9-11/h2*5-10,12H,4H2,1-3H3. The highest BCUT2D eigenvalue weighted by Crippen LogP contribution is 2.17. The Morgan fingerprint density at radius 1 is 0.611 bits per heavy atom. The summed E-state index contributed by atoms with van der Waals surface area (Å²) in [7, 11) is 2.66. The van der Waals surface area contributed by atoms with Crippen LogP contribution in [0.2, 0.25) is 0 Å². The molecule has 0 radical (unpaired) electrons. The van der Waals surface area contributed by atoms with Gasteiger partial charge in [0.15, 0.2) is 0 Å². The smallest absolute Gasteiger partial charge is 0.338 e. The first kappa shape index (κ1) is 30.4. The van der Waals surface area contributed by atoms with Gasteiger partial charge in [0, 0.05) is 0 Å².